The predicted molar refractivity (Wildman–Crippen MR) is 78.4 cm³/mol. The van der Waals surface area contributed by atoms with Gasteiger partial charge in [0.25, 0.3) is 0 Å². The zero-order chi connectivity index (χ0) is 13.2. The molecule has 1 aromatic carbocycles. The molecule has 3 rings (SSSR count). The quantitative estimate of drug-likeness (QED) is 0.805. The minimum atomic E-state index is 0.494. The fourth-order valence-corrected chi connectivity index (χ4v) is 3.26. The SMILES string of the molecule is CC(C)c1nccn1CC1CCCc2ccccc21. The summed E-state index contributed by atoms with van der Waals surface area (Å²) in [5.41, 5.74) is 3.10. The largest absolute Gasteiger partial charge is 0.334 e. The van der Waals surface area contributed by atoms with Crippen molar-refractivity contribution in [3.05, 3.63) is 53.6 Å². The maximum absolute atomic E-state index is 4.50. The van der Waals surface area contributed by atoms with Crippen molar-refractivity contribution < 1.29 is 0 Å². The molecule has 2 nitrogen and oxygen atoms in total. The second-order valence-electron chi connectivity index (χ2n) is 5.88. The van der Waals surface area contributed by atoms with Crippen molar-refractivity contribution in [2.45, 2.75) is 51.5 Å². The molecule has 2 heteroatoms. The normalized spacial score (nSPS) is 18.6. The molecule has 0 fully saturated rings. The Morgan fingerprint density at radius 1 is 1.32 bits per heavy atom. The fraction of sp³-hybridized carbons (Fsp3) is 0.471. The summed E-state index contributed by atoms with van der Waals surface area (Å²) in [6, 6.07) is 8.94. The van der Waals surface area contributed by atoms with Gasteiger partial charge in [0.15, 0.2) is 0 Å². The molecule has 0 N–H and O–H groups in total. The molecule has 0 spiro atoms. The Hall–Kier alpha value is -1.57. The summed E-state index contributed by atoms with van der Waals surface area (Å²) in [6.45, 7) is 5.51. The van der Waals surface area contributed by atoms with Crippen LogP contribution in [0.2, 0.25) is 0 Å². The average Bonchev–Trinajstić information content (AvgIpc) is 2.87. The number of benzene rings is 1. The van der Waals surface area contributed by atoms with E-state index < -0.39 is 0 Å². The van der Waals surface area contributed by atoms with Crippen molar-refractivity contribution >= 4 is 0 Å². The molecule has 1 aromatic heterocycles. The molecule has 0 bridgehead atoms. The van der Waals surface area contributed by atoms with Gasteiger partial charge < -0.3 is 4.57 Å². The van der Waals surface area contributed by atoms with Crippen LogP contribution in [0.5, 0.6) is 0 Å². The van der Waals surface area contributed by atoms with E-state index in [1.807, 2.05) is 6.20 Å². The molecule has 0 amide bonds. The fourth-order valence-electron chi connectivity index (χ4n) is 3.26. The molecule has 1 heterocycles. The van der Waals surface area contributed by atoms with Crippen molar-refractivity contribution in [3.63, 3.8) is 0 Å². The van der Waals surface area contributed by atoms with Gasteiger partial charge in [-0.25, -0.2) is 4.98 Å². The molecular formula is C17H22N2. The average molecular weight is 254 g/mol. The van der Waals surface area contributed by atoms with E-state index in [1.165, 1.54) is 25.1 Å². The molecule has 0 saturated carbocycles. The van der Waals surface area contributed by atoms with E-state index in [0.29, 0.717) is 11.8 Å². The third-order valence-corrected chi connectivity index (χ3v) is 4.17. The van der Waals surface area contributed by atoms with Crippen LogP contribution in [-0.2, 0) is 13.0 Å². The van der Waals surface area contributed by atoms with Crippen molar-refractivity contribution in [3.8, 4) is 0 Å². The van der Waals surface area contributed by atoms with E-state index in [4.69, 9.17) is 0 Å². The number of rotatable bonds is 3. The van der Waals surface area contributed by atoms with Crippen molar-refractivity contribution in [2.75, 3.05) is 0 Å². The van der Waals surface area contributed by atoms with Gasteiger partial charge in [-0.3, -0.25) is 0 Å². The lowest BCUT2D eigenvalue weighted by Gasteiger charge is -2.26. The van der Waals surface area contributed by atoms with E-state index in [1.54, 1.807) is 11.1 Å². The lowest BCUT2D eigenvalue weighted by Crippen LogP contribution is -2.17. The van der Waals surface area contributed by atoms with E-state index in [-0.39, 0.29) is 0 Å². The second-order valence-corrected chi connectivity index (χ2v) is 5.88. The van der Waals surface area contributed by atoms with Gasteiger partial charge in [-0.15, -0.1) is 0 Å². The van der Waals surface area contributed by atoms with Gasteiger partial charge in [-0.05, 0) is 30.4 Å². The summed E-state index contributed by atoms with van der Waals surface area (Å²) in [7, 11) is 0. The minimum Gasteiger partial charge on any atom is -0.334 e. The van der Waals surface area contributed by atoms with Crippen molar-refractivity contribution in [1.29, 1.82) is 0 Å². The van der Waals surface area contributed by atoms with Gasteiger partial charge in [0.05, 0.1) is 0 Å². The molecule has 100 valence electrons. The molecule has 0 aliphatic heterocycles. The van der Waals surface area contributed by atoms with Crippen molar-refractivity contribution in [2.24, 2.45) is 0 Å². The monoisotopic (exact) mass is 254 g/mol. The van der Waals surface area contributed by atoms with Gasteiger partial charge >= 0.3 is 0 Å². The second kappa shape index (κ2) is 5.20. The van der Waals surface area contributed by atoms with Gasteiger partial charge in [0.2, 0.25) is 0 Å². The Kier molecular flexibility index (Phi) is 3.41. The number of fused-ring (bicyclic) bond motifs is 1. The lowest BCUT2D eigenvalue weighted by atomic mass is 9.83. The van der Waals surface area contributed by atoms with E-state index in [2.05, 4.69) is 53.9 Å². The molecule has 19 heavy (non-hydrogen) atoms. The van der Waals surface area contributed by atoms with Gasteiger partial charge in [-0.1, -0.05) is 38.1 Å². The Morgan fingerprint density at radius 3 is 3.00 bits per heavy atom. The summed E-state index contributed by atoms with van der Waals surface area (Å²) >= 11 is 0. The molecule has 1 unspecified atom stereocenters. The molecule has 0 radical (unpaired) electrons. The van der Waals surface area contributed by atoms with Crippen LogP contribution < -0.4 is 0 Å². The number of aromatic nitrogens is 2. The highest BCUT2D eigenvalue weighted by Crippen LogP contribution is 2.33. The number of aryl methyl sites for hydroxylation is 1. The van der Waals surface area contributed by atoms with E-state index in [9.17, 15) is 0 Å². The zero-order valence-corrected chi connectivity index (χ0v) is 11.8. The van der Waals surface area contributed by atoms with Crippen LogP contribution in [0, 0.1) is 0 Å². The Labute approximate surface area is 115 Å². The van der Waals surface area contributed by atoms with Crippen LogP contribution >= 0.6 is 0 Å². The first-order valence-electron chi connectivity index (χ1n) is 7.34. The Bertz CT molecular complexity index is 554. The van der Waals surface area contributed by atoms with Crippen LogP contribution in [0.25, 0.3) is 0 Å². The Balaban J connectivity index is 1.87. The first kappa shape index (κ1) is 12.5. The molecule has 1 aliphatic carbocycles. The summed E-state index contributed by atoms with van der Waals surface area (Å²) in [5, 5.41) is 0. The van der Waals surface area contributed by atoms with Gasteiger partial charge in [0, 0.05) is 30.8 Å². The van der Waals surface area contributed by atoms with Crippen molar-refractivity contribution in [1.82, 2.24) is 9.55 Å². The maximum atomic E-state index is 4.50. The van der Waals surface area contributed by atoms with Crippen LogP contribution in [0.1, 0.15) is 55.5 Å². The summed E-state index contributed by atoms with van der Waals surface area (Å²) in [5.74, 6) is 2.36. The molecule has 1 aliphatic rings. The molecule has 2 aromatic rings. The Morgan fingerprint density at radius 2 is 2.16 bits per heavy atom. The van der Waals surface area contributed by atoms with Crippen LogP contribution in [0.15, 0.2) is 36.7 Å². The first-order chi connectivity index (χ1) is 9.25. The molecule has 0 saturated heterocycles. The standard InChI is InChI=1S/C17H22N2/c1-13(2)17-18-10-11-19(17)12-15-8-5-7-14-6-3-4-9-16(14)15/h3-4,6,9-11,13,15H,5,7-8,12H2,1-2H3. The van der Waals surface area contributed by atoms with Gasteiger partial charge in [0.1, 0.15) is 5.82 Å². The first-order valence-corrected chi connectivity index (χ1v) is 7.34. The van der Waals surface area contributed by atoms with E-state index >= 15 is 0 Å². The number of hydrogen-bond acceptors (Lipinski definition) is 1. The van der Waals surface area contributed by atoms with Crippen LogP contribution in [0.3, 0.4) is 0 Å². The predicted octanol–water partition coefficient (Wildman–Crippen LogP) is 4.13. The lowest BCUT2D eigenvalue weighted by molar-refractivity contribution is 0.468. The summed E-state index contributed by atoms with van der Waals surface area (Å²) < 4.78 is 2.34. The highest BCUT2D eigenvalue weighted by atomic mass is 15.1. The molecule has 1 atom stereocenters. The summed E-state index contributed by atoms with van der Waals surface area (Å²) in [4.78, 5) is 4.50. The minimum absolute atomic E-state index is 0.494. The zero-order valence-electron chi connectivity index (χ0n) is 11.8. The van der Waals surface area contributed by atoms with E-state index in [0.717, 1.165) is 6.54 Å². The number of nitrogens with zero attached hydrogens (tertiary/aromatic N) is 2. The van der Waals surface area contributed by atoms with Crippen LogP contribution in [-0.4, -0.2) is 9.55 Å². The topological polar surface area (TPSA) is 17.8 Å². The number of hydrogen-bond donors (Lipinski definition) is 0. The molecular weight excluding hydrogens is 232 g/mol. The third kappa shape index (κ3) is 2.44. The number of imidazole rings is 1. The van der Waals surface area contributed by atoms with Crippen LogP contribution in [0.4, 0.5) is 0 Å². The summed E-state index contributed by atoms with van der Waals surface area (Å²) in [6.07, 6.45) is 7.92. The smallest absolute Gasteiger partial charge is 0.111 e. The highest BCUT2D eigenvalue weighted by Gasteiger charge is 2.21. The van der Waals surface area contributed by atoms with Gasteiger partial charge in [-0.2, -0.15) is 0 Å². The third-order valence-electron chi connectivity index (χ3n) is 4.17. The highest BCUT2D eigenvalue weighted by molar-refractivity contribution is 5.32. The maximum Gasteiger partial charge on any atom is 0.111 e.